The maximum atomic E-state index is 11.3. The minimum atomic E-state index is -0.635. The summed E-state index contributed by atoms with van der Waals surface area (Å²) in [5.74, 6) is -0.266. The first-order valence-electron chi connectivity index (χ1n) is 5.25. The molecule has 0 saturated carbocycles. The lowest BCUT2D eigenvalue weighted by molar-refractivity contribution is -0.140. The molecule has 1 N–H and O–H groups in total. The Labute approximate surface area is 90.6 Å². The smallest absolute Gasteiger partial charge is 0.305 e. The molecule has 0 spiro atoms. The van der Waals surface area contributed by atoms with Crippen LogP contribution in [0.4, 0.5) is 0 Å². The molecule has 0 aromatic rings. The fourth-order valence-corrected chi connectivity index (χ4v) is 1.15. The summed E-state index contributed by atoms with van der Waals surface area (Å²) in [6, 6.07) is 0. The third-order valence-electron chi connectivity index (χ3n) is 2.23. The van der Waals surface area contributed by atoms with E-state index in [-0.39, 0.29) is 24.1 Å². The first-order chi connectivity index (χ1) is 6.97. The first-order valence-corrected chi connectivity index (χ1v) is 5.25. The molecular weight excluding hydrogens is 196 g/mol. The van der Waals surface area contributed by atoms with Gasteiger partial charge >= 0.3 is 5.97 Å². The van der Waals surface area contributed by atoms with Crippen LogP contribution in [-0.4, -0.2) is 30.1 Å². The monoisotopic (exact) mass is 216 g/mol. The topological polar surface area (TPSA) is 63.6 Å². The number of rotatable bonds is 7. The maximum absolute atomic E-state index is 11.3. The van der Waals surface area contributed by atoms with E-state index in [0.29, 0.717) is 19.3 Å². The van der Waals surface area contributed by atoms with Gasteiger partial charge in [0.15, 0.2) is 0 Å². The van der Waals surface area contributed by atoms with Crippen LogP contribution >= 0.6 is 0 Å². The zero-order chi connectivity index (χ0) is 11.8. The van der Waals surface area contributed by atoms with Crippen LogP contribution in [0.1, 0.15) is 39.5 Å². The fraction of sp³-hybridized carbons (Fsp3) is 0.818. The Balaban J connectivity index is 3.62. The second-order valence-electron chi connectivity index (χ2n) is 3.95. The van der Waals surface area contributed by atoms with E-state index in [1.54, 1.807) is 0 Å². The molecule has 0 bridgehead atoms. The number of hydrogen-bond acceptors (Lipinski definition) is 4. The van der Waals surface area contributed by atoms with E-state index in [1.165, 1.54) is 7.11 Å². The average molecular weight is 216 g/mol. The lowest BCUT2D eigenvalue weighted by Crippen LogP contribution is -2.17. The van der Waals surface area contributed by atoms with Crippen molar-refractivity contribution in [3.8, 4) is 0 Å². The molecule has 1 unspecified atom stereocenters. The van der Waals surface area contributed by atoms with Crippen LogP contribution in [0.5, 0.6) is 0 Å². The third kappa shape index (κ3) is 7.08. The van der Waals surface area contributed by atoms with E-state index in [4.69, 9.17) is 0 Å². The normalized spacial score (nSPS) is 12.6. The summed E-state index contributed by atoms with van der Waals surface area (Å²) in [5, 5.41) is 9.48. The quantitative estimate of drug-likeness (QED) is 0.652. The van der Waals surface area contributed by atoms with Gasteiger partial charge in [-0.2, -0.15) is 0 Å². The predicted octanol–water partition coefficient (Wildman–Crippen LogP) is 1.31. The molecule has 0 aromatic carbocycles. The largest absolute Gasteiger partial charge is 0.469 e. The molecule has 0 saturated heterocycles. The zero-order valence-corrected chi connectivity index (χ0v) is 9.66. The standard InChI is InChI=1S/C11H20O4/c1-8(2)10(13)7-9(12)5-4-6-11(14)15-3/h8-9,12H,4-7H2,1-3H3. The van der Waals surface area contributed by atoms with E-state index in [1.807, 2.05) is 13.8 Å². The number of esters is 1. The summed E-state index contributed by atoms with van der Waals surface area (Å²) in [6.45, 7) is 3.62. The summed E-state index contributed by atoms with van der Waals surface area (Å²) in [4.78, 5) is 22.0. The number of carbonyl (C=O) groups is 2. The maximum Gasteiger partial charge on any atom is 0.305 e. The highest BCUT2D eigenvalue weighted by molar-refractivity contribution is 5.80. The number of hydrogen-bond donors (Lipinski definition) is 1. The number of ether oxygens (including phenoxy) is 1. The molecule has 0 aromatic heterocycles. The van der Waals surface area contributed by atoms with E-state index in [2.05, 4.69) is 4.74 Å². The summed E-state index contributed by atoms with van der Waals surface area (Å²) < 4.78 is 4.46. The van der Waals surface area contributed by atoms with Crippen molar-refractivity contribution < 1.29 is 19.4 Å². The number of ketones is 1. The Morgan fingerprint density at radius 1 is 1.33 bits per heavy atom. The van der Waals surface area contributed by atoms with Crippen molar-refractivity contribution in [3.05, 3.63) is 0 Å². The van der Waals surface area contributed by atoms with Crippen LogP contribution in [0.25, 0.3) is 0 Å². The Hall–Kier alpha value is -0.900. The Morgan fingerprint density at radius 2 is 1.93 bits per heavy atom. The van der Waals surface area contributed by atoms with Crippen LogP contribution in [0.3, 0.4) is 0 Å². The van der Waals surface area contributed by atoms with Crippen molar-refractivity contribution in [3.63, 3.8) is 0 Å². The van der Waals surface area contributed by atoms with Crippen LogP contribution in [-0.2, 0) is 14.3 Å². The van der Waals surface area contributed by atoms with Crippen molar-refractivity contribution >= 4 is 11.8 Å². The molecule has 4 heteroatoms. The van der Waals surface area contributed by atoms with Crippen molar-refractivity contribution in [1.82, 2.24) is 0 Å². The molecule has 4 nitrogen and oxygen atoms in total. The second kappa shape index (κ2) is 7.40. The number of aliphatic hydroxyl groups excluding tert-OH is 1. The molecule has 15 heavy (non-hydrogen) atoms. The van der Waals surface area contributed by atoms with E-state index in [0.717, 1.165) is 0 Å². The van der Waals surface area contributed by atoms with Gasteiger partial charge in [-0.05, 0) is 12.8 Å². The van der Waals surface area contributed by atoms with Crippen molar-refractivity contribution in [2.45, 2.75) is 45.6 Å². The van der Waals surface area contributed by atoms with Gasteiger partial charge in [0.05, 0.1) is 13.2 Å². The van der Waals surface area contributed by atoms with Gasteiger partial charge in [0, 0.05) is 18.8 Å². The Bertz CT molecular complexity index is 211. The lowest BCUT2D eigenvalue weighted by atomic mass is 10.0. The lowest BCUT2D eigenvalue weighted by Gasteiger charge is -2.10. The Morgan fingerprint density at radius 3 is 2.40 bits per heavy atom. The molecule has 0 aliphatic carbocycles. The number of methoxy groups -OCH3 is 1. The highest BCUT2D eigenvalue weighted by Crippen LogP contribution is 2.09. The average Bonchev–Trinajstić information content (AvgIpc) is 2.17. The summed E-state index contributed by atoms with van der Waals surface area (Å²) in [6.07, 6.45) is 0.860. The van der Waals surface area contributed by atoms with Crippen LogP contribution in [0.15, 0.2) is 0 Å². The molecule has 1 atom stereocenters. The zero-order valence-electron chi connectivity index (χ0n) is 9.66. The highest BCUT2D eigenvalue weighted by atomic mass is 16.5. The van der Waals surface area contributed by atoms with E-state index >= 15 is 0 Å². The molecule has 0 aliphatic heterocycles. The number of carbonyl (C=O) groups excluding carboxylic acids is 2. The summed E-state index contributed by atoms with van der Waals surface area (Å²) >= 11 is 0. The number of aliphatic hydroxyl groups is 1. The van der Waals surface area contributed by atoms with Gasteiger partial charge in [-0.3, -0.25) is 9.59 Å². The molecule has 0 radical (unpaired) electrons. The van der Waals surface area contributed by atoms with Gasteiger partial charge in [0.2, 0.25) is 0 Å². The third-order valence-corrected chi connectivity index (χ3v) is 2.23. The molecule has 88 valence electrons. The van der Waals surface area contributed by atoms with Crippen molar-refractivity contribution in [2.75, 3.05) is 7.11 Å². The minimum Gasteiger partial charge on any atom is -0.469 e. The van der Waals surface area contributed by atoms with Gasteiger partial charge in [-0.1, -0.05) is 13.8 Å². The highest BCUT2D eigenvalue weighted by Gasteiger charge is 2.14. The van der Waals surface area contributed by atoms with Crippen molar-refractivity contribution in [1.29, 1.82) is 0 Å². The van der Waals surface area contributed by atoms with Gasteiger partial charge in [0.25, 0.3) is 0 Å². The predicted molar refractivity (Wildman–Crippen MR) is 56.3 cm³/mol. The van der Waals surface area contributed by atoms with E-state index in [9.17, 15) is 14.7 Å². The van der Waals surface area contributed by atoms with Crippen molar-refractivity contribution in [2.24, 2.45) is 5.92 Å². The molecular formula is C11H20O4. The molecule has 0 fully saturated rings. The molecule has 0 aliphatic rings. The van der Waals surface area contributed by atoms with Crippen LogP contribution in [0.2, 0.25) is 0 Å². The van der Waals surface area contributed by atoms with Gasteiger partial charge in [-0.25, -0.2) is 0 Å². The molecule has 0 amide bonds. The van der Waals surface area contributed by atoms with E-state index < -0.39 is 6.10 Å². The molecule has 0 heterocycles. The van der Waals surface area contributed by atoms with Gasteiger partial charge in [-0.15, -0.1) is 0 Å². The first kappa shape index (κ1) is 14.1. The Kier molecular flexibility index (Phi) is 6.96. The summed E-state index contributed by atoms with van der Waals surface area (Å²) in [5.41, 5.74) is 0. The van der Waals surface area contributed by atoms with Crippen LogP contribution < -0.4 is 0 Å². The molecule has 0 rings (SSSR count). The minimum absolute atomic E-state index is 0.0414. The van der Waals surface area contributed by atoms with Crippen LogP contribution in [0, 0.1) is 5.92 Å². The summed E-state index contributed by atoms with van der Waals surface area (Å²) in [7, 11) is 1.33. The number of Topliss-reactive ketones (excluding diaryl/α,β-unsaturated/α-hetero) is 1. The van der Waals surface area contributed by atoms with Gasteiger partial charge < -0.3 is 9.84 Å². The van der Waals surface area contributed by atoms with Gasteiger partial charge in [0.1, 0.15) is 5.78 Å². The fourth-order valence-electron chi connectivity index (χ4n) is 1.15. The second-order valence-corrected chi connectivity index (χ2v) is 3.95. The SMILES string of the molecule is COC(=O)CCCC(O)CC(=O)C(C)C.